The Hall–Kier alpha value is -3.22. The number of nitrogens with zero attached hydrogens (tertiary/aromatic N) is 2. The molecule has 1 aliphatic heterocycles. The minimum Gasteiger partial charge on any atom is -0.494 e. The van der Waals surface area contributed by atoms with Crippen molar-refractivity contribution in [3.05, 3.63) is 59.2 Å². The van der Waals surface area contributed by atoms with Crippen LogP contribution in [0, 0.1) is 13.8 Å². The number of urea groups is 1. The molecule has 7 heteroatoms. The van der Waals surface area contributed by atoms with Gasteiger partial charge in [-0.25, -0.2) is 9.59 Å². The summed E-state index contributed by atoms with van der Waals surface area (Å²) in [4.78, 5) is 28.2. The lowest BCUT2D eigenvalue weighted by atomic mass is 10.1. The van der Waals surface area contributed by atoms with Gasteiger partial charge in [-0.1, -0.05) is 18.2 Å². The van der Waals surface area contributed by atoms with Gasteiger partial charge in [-0.05, 0) is 101 Å². The zero-order chi connectivity index (χ0) is 26.1. The van der Waals surface area contributed by atoms with Crippen molar-refractivity contribution in [2.45, 2.75) is 65.9 Å². The molecule has 0 aliphatic carbocycles. The summed E-state index contributed by atoms with van der Waals surface area (Å²) in [6.07, 6.45) is 3.92. The normalized spacial score (nSPS) is 13.9. The fourth-order valence-electron chi connectivity index (χ4n) is 4.19. The number of hydrogen-bond acceptors (Lipinski definition) is 4. The summed E-state index contributed by atoms with van der Waals surface area (Å²) < 4.78 is 11.3. The number of piperazine rings is 1. The first-order valence-corrected chi connectivity index (χ1v) is 12.9. The average molecular weight is 496 g/mol. The lowest BCUT2D eigenvalue weighted by Crippen LogP contribution is -2.52. The first-order valence-electron chi connectivity index (χ1n) is 12.9. The summed E-state index contributed by atoms with van der Waals surface area (Å²) in [6.45, 7) is 12.4. The van der Waals surface area contributed by atoms with E-state index in [9.17, 15) is 9.59 Å². The van der Waals surface area contributed by atoms with Crippen LogP contribution in [0.25, 0.3) is 0 Å². The van der Waals surface area contributed by atoms with Crippen LogP contribution < -0.4 is 10.1 Å². The molecule has 0 radical (unpaired) electrons. The van der Waals surface area contributed by atoms with E-state index in [0.717, 1.165) is 43.7 Å². The van der Waals surface area contributed by atoms with Gasteiger partial charge in [0, 0.05) is 31.9 Å². The highest BCUT2D eigenvalue weighted by molar-refractivity contribution is 5.89. The third kappa shape index (κ3) is 9.10. The van der Waals surface area contributed by atoms with Crippen molar-refractivity contribution in [3.63, 3.8) is 0 Å². The van der Waals surface area contributed by atoms with Crippen LogP contribution in [-0.4, -0.2) is 60.3 Å². The van der Waals surface area contributed by atoms with E-state index in [1.807, 2.05) is 32.9 Å². The Kier molecular flexibility index (Phi) is 9.62. The van der Waals surface area contributed by atoms with Crippen LogP contribution in [0.15, 0.2) is 42.5 Å². The number of ether oxygens (including phenoxy) is 2. The van der Waals surface area contributed by atoms with Crippen molar-refractivity contribution in [2.24, 2.45) is 0 Å². The molecule has 0 bridgehead atoms. The van der Waals surface area contributed by atoms with Crippen LogP contribution in [0.3, 0.4) is 0 Å². The highest BCUT2D eigenvalue weighted by Gasteiger charge is 2.27. The van der Waals surface area contributed by atoms with Gasteiger partial charge in [0.1, 0.15) is 11.4 Å². The highest BCUT2D eigenvalue weighted by atomic mass is 16.6. The second-order valence-electron chi connectivity index (χ2n) is 10.6. The van der Waals surface area contributed by atoms with Crippen molar-refractivity contribution in [2.75, 3.05) is 38.1 Å². The Morgan fingerprint density at radius 1 is 0.861 bits per heavy atom. The molecule has 1 N–H and O–H groups in total. The molecule has 2 aromatic carbocycles. The van der Waals surface area contributed by atoms with Gasteiger partial charge < -0.3 is 24.6 Å². The Labute approximate surface area is 215 Å². The number of anilines is 1. The number of amides is 3. The van der Waals surface area contributed by atoms with Crippen molar-refractivity contribution in [3.8, 4) is 5.75 Å². The molecule has 0 unspecified atom stereocenters. The van der Waals surface area contributed by atoms with Gasteiger partial charge in [0.15, 0.2) is 0 Å². The second kappa shape index (κ2) is 12.7. The van der Waals surface area contributed by atoms with Gasteiger partial charge in [-0.3, -0.25) is 0 Å². The van der Waals surface area contributed by atoms with Crippen LogP contribution in [-0.2, 0) is 11.2 Å². The van der Waals surface area contributed by atoms with Crippen LogP contribution in [0.1, 0.15) is 56.7 Å². The molecule has 0 spiro atoms. The molecule has 3 rings (SSSR count). The molecular formula is C29H41N3O4. The van der Waals surface area contributed by atoms with Crippen LogP contribution >= 0.6 is 0 Å². The smallest absolute Gasteiger partial charge is 0.410 e. The number of rotatable bonds is 8. The van der Waals surface area contributed by atoms with E-state index in [2.05, 4.69) is 49.5 Å². The van der Waals surface area contributed by atoms with E-state index in [4.69, 9.17) is 9.47 Å². The van der Waals surface area contributed by atoms with Crippen molar-refractivity contribution in [1.82, 2.24) is 9.80 Å². The van der Waals surface area contributed by atoms with Gasteiger partial charge in [0.25, 0.3) is 0 Å². The Balaban J connectivity index is 1.32. The number of nitrogens with one attached hydrogen (secondary N) is 1. The zero-order valence-corrected chi connectivity index (χ0v) is 22.4. The summed E-state index contributed by atoms with van der Waals surface area (Å²) in [5.41, 5.74) is 3.97. The van der Waals surface area contributed by atoms with Gasteiger partial charge >= 0.3 is 12.1 Å². The predicted octanol–water partition coefficient (Wildman–Crippen LogP) is 6.18. The van der Waals surface area contributed by atoms with Crippen LogP contribution in [0.4, 0.5) is 15.3 Å². The van der Waals surface area contributed by atoms with E-state index < -0.39 is 5.60 Å². The Bertz CT molecular complexity index is 986. The molecule has 0 aromatic heterocycles. The number of aryl methyl sites for hydroxylation is 3. The van der Waals surface area contributed by atoms with E-state index in [0.29, 0.717) is 26.2 Å². The highest BCUT2D eigenvalue weighted by Crippen LogP contribution is 2.18. The number of carbonyl (C=O) groups excluding carboxylic acids is 2. The summed E-state index contributed by atoms with van der Waals surface area (Å²) in [7, 11) is 0. The van der Waals surface area contributed by atoms with E-state index in [1.54, 1.807) is 9.80 Å². The zero-order valence-electron chi connectivity index (χ0n) is 22.4. The maximum Gasteiger partial charge on any atom is 0.410 e. The maximum atomic E-state index is 12.6. The van der Waals surface area contributed by atoms with E-state index in [-0.39, 0.29) is 12.1 Å². The fraction of sp³-hybridized carbons (Fsp3) is 0.517. The van der Waals surface area contributed by atoms with Crippen molar-refractivity contribution < 1.29 is 19.1 Å². The Morgan fingerprint density at radius 3 is 2.08 bits per heavy atom. The predicted molar refractivity (Wildman–Crippen MR) is 144 cm³/mol. The Morgan fingerprint density at radius 2 is 1.47 bits per heavy atom. The lowest BCUT2D eigenvalue weighted by Gasteiger charge is -2.35. The first kappa shape index (κ1) is 27.4. The number of benzene rings is 2. The van der Waals surface area contributed by atoms with Gasteiger partial charge in [-0.15, -0.1) is 0 Å². The van der Waals surface area contributed by atoms with Crippen LogP contribution in [0.2, 0.25) is 0 Å². The largest absolute Gasteiger partial charge is 0.494 e. The van der Waals surface area contributed by atoms with Gasteiger partial charge in [-0.2, -0.15) is 0 Å². The van der Waals surface area contributed by atoms with Crippen molar-refractivity contribution in [1.29, 1.82) is 0 Å². The summed E-state index contributed by atoms with van der Waals surface area (Å²) in [5, 5.41) is 2.96. The molecule has 36 heavy (non-hydrogen) atoms. The molecule has 1 fully saturated rings. The minimum atomic E-state index is -0.521. The molecule has 1 saturated heterocycles. The average Bonchev–Trinajstić information content (AvgIpc) is 2.80. The van der Waals surface area contributed by atoms with E-state index in [1.165, 1.54) is 16.7 Å². The maximum absolute atomic E-state index is 12.6. The minimum absolute atomic E-state index is 0.143. The molecule has 2 aromatic rings. The third-order valence-electron chi connectivity index (χ3n) is 6.00. The number of hydrogen-bond donors (Lipinski definition) is 1. The van der Waals surface area contributed by atoms with Gasteiger partial charge in [0.2, 0.25) is 0 Å². The summed E-state index contributed by atoms with van der Waals surface area (Å²) in [5.74, 6) is 0.954. The number of carbonyl (C=O) groups is 2. The SMILES string of the molecule is Cc1cc(C)cc(OCCCCCc2ccc(NC(=O)N3CCN(C(=O)OC(C)(C)C)CC3)cc2)c1. The quantitative estimate of drug-likeness (QED) is 0.444. The van der Waals surface area contributed by atoms with E-state index >= 15 is 0 Å². The second-order valence-corrected chi connectivity index (χ2v) is 10.6. The van der Waals surface area contributed by atoms with Crippen LogP contribution in [0.5, 0.6) is 5.75 Å². The monoisotopic (exact) mass is 495 g/mol. The van der Waals surface area contributed by atoms with Gasteiger partial charge in [0.05, 0.1) is 6.61 Å². The third-order valence-corrected chi connectivity index (χ3v) is 6.00. The topological polar surface area (TPSA) is 71.1 Å². The lowest BCUT2D eigenvalue weighted by molar-refractivity contribution is 0.0174. The molecule has 1 heterocycles. The number of unbranched alkanes of at least 4 members (excludes halogenated alkanes) is 2. The molecule has 3 amide bonds. The van der Waals surface area contributed by atoms with Crippen molar-refractivity contribution >= 4 is 17.8 Å². The molecule has 0 saturated carbocycles. The summed E-state index contributed by atoms with van der Waals surface area (Å²) >= 11 is 0. The fourth-order valence-corrected chi connectivity index (χ4v) is 4.19. The standard InChI is InChI=1S/C29H41N3O4/c1-22-19-23(2)21-26(20-22)35-18-8-6-7-9-24-10-12-25(13-11-24)30-27(33)31-14-16-32(17-15-31)28(34)36-29(3,4)5/h10-13,19-21H,6-9,14-18H2,1-5H3,(H,30,33). The molecule has 196 valence electrons. The molecule has 1 aliphatic rings. The first-order chi connectivity index (χ1) is 17.1. The summed E-state index contributed by atoms with van der Waals surface area (Å²) in [6, 6.07) is 14.2. The molecule has 0 atom stereocenters. The molecular weight excluding hydrogens is 454 g/mol. The molecule has 7 nitrogen and oxygen atoms in total.